The molecule has 0 unspecified atom stereocenters. The Morgan fingerprint density at radius 2 is 1.96 bits per heavy atom. The number of rotatable bonds is 7. The van der Waals surface area contributed by atoms with Gasteiger partial charge in [-0.1, -0.05) is 35.9 Å². The van der Waals surface area contributed by atoms with Crippen LogP contribution in [0.1, 0.15) is 5.69 Å². The molecule has 27 heavy (non-hydrogen) atoms. The summed E-state index contributed by atoms with van der Waals surface area (Å²) in [6, 6.07) is 14.5. The standard InChI is InChI=1S/C19H16ClN3O3S/c1-25-16-4-2-3-5-17(16)26-11-18(24)23-21-10-15-12-27-19(22-15)13-6-8-14(20)9-7-13/h2-10,12H,11H2,1H3,(H,23,24)/b21-10-. The Balaban J connectivity index is 1.51. The maximum atomic E-state index is 11.8. The third-order valence-corrected chi connectivity index (χ3v) is 4.59. The zero-order valence-electron chi connectivity index (χ0n) is 14.4. The number of para-hydroxylation sites is 2. The van der Waals surface area contributed by atoms with Gasteiger partial charge in [-0.25, -0.2) is 10.4 Å². The van der Waals surface area contributed by atoms with E-state index in [0.717, 1.165) is 10.6 Å². The average molecular weight is 402 g/mol. The number of ether oxygens (including phenoxy) is 2. The molecule has 0 atom stereocenters. The van der Waals surface area contributed by atoms with Crippen molar-refractivity contribution in [2.75, 3.05) is 13.7 Å². The van der Waals surface area contributed by atoms with Gasteiger partial charge in [0, 0.05) is 16.0 Å². The van der Waals surface area contributed by atoms with Crippen LogP contribution in [-0.4, -0.2) is 30.8 Å². The fourth-order valence-corrected chi connectivity index (χ4v) is 3.06. The van der Waals surface area contributed by atoms with Crippen molar-refractivity contribution in [3.8, 4) is 22.1 Å². The first-order chi connectivity index (χ1) is 13.2. The van der Waals surface area contributed by atoms with Gasteiger partial charge in [0.15, 0.2) is 18.1 Å². The van der Waals surface area contributed by atoms with Crippen molar-refractivity contribution in [2.45, 2.75) is 0 Å². The van der Waals surface area contributed by atoms with Crippen molar-refractivity contribution in [3.05, 3.63) is 64.6 Å². The molecule has 0 aliphatic carbocycles. The predicted molar refractivity (Wildman–Crippen MR) is 107 cm³/mol. The summed E-state index contributed by atoms with van der Waals surface area (Å²) in [6.45, 7) is -0.176. The van der Waals surface area contributed by atoms with Crippen LogP contribution in [0.4, 0.5) is 0 Å². The Bertz CT molecular complexity index is 941. The summed E-state index contributed by atoms with van der Waals surface area (Å²) in [5, 5.41) is 7.28. The van der Waals surface area contributed by atoms with Gasteiger partial charge in [0.05, 0.1) is 19.0 Å². The lowest BCUT2D eigenvalue weighted by Gasteiger charge is -2.08. The molecular weight excluding hydrogens is 386 g/mol. The molecule has 6 nitrogen and oxygen atoms in total. The van der Waals surface area contributed by atoms with E-state index in [1.165, 1.54) is 17.6 Å². The lowest BCUT2D eigenvalue weighted by Crippen LogP contribution is -2.24. The molecule has 1 heterocycles. The highest BCUT2D eigenvalue weighted by Crippen LogP contribution is 2.26. The van der Waals surface area contributed by atoms with E-state index in [-0.39, 0.29) is 12.5 Å². The van der Waals surface area contributed by atoms with Crippen molar-refractivity contribution >= 4 is 35.1 Å². The Morgan fingerprint density at radius 1 is 1.22 bits per heavy atom. The van der Waals surface area contributed by atoms with E-state index in [2.05, 4.69) is 15.5 Å². The molecule has 1 N–H and O–H groups in total. The van der Waals surface area contributed by atoms with E-state index < -0.39 is 0 Å². The van der Waals surface area contributed by atoms with Crippen LogP contribution in [0.25, 0.3) is 10.6 Å². The average Bonchev–Trinajstić information content (AvgIpc) is 3.16. The van der Waals surface area contributed by atoms with Crippen LogP contribution in [0.15, 0.2) is 59.0 Å². The molecule has 0 aliphatic heterocycles. The van der Waals surface area contributed by atoms with Crippen molar-refractivity contribution < 1.29 is 14.3 Å². The normalized spacial score (nSPS) is 10.7. The van der Waals surface area contributed by atoms with Gasteiger partial charge < -0.3 is 9.47 Å². The molecule has 0 saturated heterocycles. The molecule has 0 bridgehead atoms. The summed E-state index contributed by atoms with van der Waals surface area (Å²) >= 11 is 7.37. The van der Waals surface area contributed by atoms with Crippen molar-refractivity contribution in [1.29, 1.82) is 0 Å². The number of benzene rings is 2. The Morgan fingerprint density at radius 3 is 2.70 bits per heavy atom. The minimum atomic E-state index is -0.384. The fraction of sp³-hybridized carbons (Fsp3) is 0.105. The first kappa shape index (κ1) is 18.9. The summed E-state index contributed by atoms with van der Waals surface area (Å²) in [5.74, 6) is 0.669. The number of aromatic nitrogens is 1. The zero-order valence-corrected chi connectivity index (χ0v) is 16.0. The number of amides is 1. The van der Waals surface area contributed by atoms with Gasteiger partial charge >= 0.3 is 0 Å². The van der Waals surface area contributed by atoms with Gasteiger partial charge in [0.25, 0.3) is 5.91 Å². The van der Waals surface area contributed by atoms with Gasteiger partial charge in [0.2, 0.25) is 0 Å². The van der Waals surface area contributed by atoms with E-state index in [1.807, 2.05) is 35.7 Å². The van der Waals surface area contributed by atoms with E-state index in [4.69, 9.17) is 21.1 Å². The van der Waals surface area contributed by atoms with Gasteiger partial charge in [-0.05, 0) is 24.3 Å². The second-order valence-corrected chi connectivity index (χ2v) is 6.61. The number of methoxy groups -OCH3 is 1. The number of hydrogen-bond acceptors (Lipinski definition) is 6. The molecule has 0 aliphatic rings. The van der Waals surface area contributed by atoms with Gasteiger partial charge in [0.1, 0.15) is 5.01 Å². The molecule has 3 rings (SSSR count). The Hall–Kier alpha value is -2.90. The first-order valence-electron chi connectivity index (χ1n) is 7.95. The third kappa shape index (κ3) is 5.29. The maximum absolute atomic E-state index is 11.8. The number of hydrogen-bond donors (Lipinski definition) is 1. The smallest absolute Gasteiger partial charge is 0.277 e. The number of hydrazone groups is 1. The van der Waals surface area contributed by atoms with Gasteiger partial charge in [-0.3, -0.25) is 4.79 Å². The van der Waals surface area contributed by atoms with Gasteiger partial charge in [-0.15, -0.1) is 11.3 Å². The number of carbonyl (C=O) groups is 1. The molecular formula is C19H16ClN3O3S. The molecule has 0 saturated carbocycles. The van der Waals surface area contributed by atoms with Gasteiger partial charge in [-0.2, -0.15) is 5.10 Å². The maximum Gasteiger partial charge on any atom is 0.277 e. The lowest BCUT2D eigenvalue weighted by atomic mass is 10.2. The molecule has 8 heteroatoms. The first-order valence-corrected chi connectivity index (χ1v) is 9.20. The van der Waals surface area contributed by atoms with E-state index in [9.17, 15) is 4.79 Å². The topological polar surface area (TPSA) is 72.8 Å². The van der Waals surface area contributed by atoms with Crippen LogP contribution in [-0.2, 0) is 4.79 Å². The van der Waals surface area contributed by atoms with Crippen LogP contribution < -0.4 is 14.9 Å². The van der Waals surface area contributed by atoms with Crippen LogP contribution in [0.3, 0.4) is 0 Å². The van der Waals surface area contributed by atoms with E-state index >= 15 is 0 Å². The fourth-order valence-electron chi connectivity index (χ4n) is 2.15. The summed E-state index contributed by atoms with van der Waals surface area (Å²) in [7, 11) is 1.54. The monoisotopic (exact) mass is 401 g/mol. The molecule has 0 radical (unpaired) electrons. The molecule has 2 aromatic carbocycles. The number of thiazole rings is 1. The molecule has 0 fully saturated rings. The SMILES string of the molecule is COc1ccccc1OCC(=O)N/N=C\c1csc(-c2ccc(Cl)cc2)n1. The Kier molecular flexibility index (Phi) is 6.40. The number of halogens is 1. The molecule has 1 amide bonds. The summed E-state index contributed by atoms with van der Waals surface area (Å²) in [5.41, 5.74) is 4.03. The van der Waals surface area contributed by atoms with Crippen molar-refractivity contribution in [1.82, 2.24) is 10.4 Å². The number of carbonyl (C=O) groups excluding carboxylic acids is 1. The summed E-state index contributed by atoms with van der Waals surface area (Å²) in [4.78, 5) is 16.3. The van der Waals surface area contributed by atoms with Crippen LogP contribution in [0, 0.1) is 0 Å². The zero-order chi connectivity index (χ0) is 19.1. The lowest BCUT2D eigenvalue weighted by molar-refractivity contribution is -0.123. The summed E-state index contributed by atoms with van der Waals surface area (Å²) in [6.07, 6.45) is 1.48. The Labute approximate surface area is 165 Å². The second kappa shape index (κ2) is 9.16. The van der Waals surface area contributed by atoms with Crippen LogP contribution >= 0.6 is 22.9 Å². The highest BCUT2D eigenvalue weighted by Gasteiger charge is 2.06. The minimum Gasteiger partial charge on any atom is -0.493 e. The van der Waals surface area contributed by atoms with Crippen molar-refractivity contribution in [2.24, 2.45) is 5.10 Å². The largest absolute Gasteiger partial charge is 0.493 e. The third-order valence-electron chi connectivity index (χ3n) is 3.43. The van der Waals surface area contributed by atoms with E-state index in [0.29, 0.717) is 22.2 Å². The highest BCUT2D eigenvalue weighted by molar-refractivity contribution is 7.13. The van der Waals surface area contributed by atoms with E-state index in [1.54, 1.807) is 25.3 Å². The number of nitrogens with one attached hydrogen (secondary N) is 1. The minimum absolute atomic E-state index is 0.176. The van der Waals surface area contributed by atoms with Crippen LogP contribution in [0.5, 0.6) is 11.5 Å². The molecule has 0 spiro atoms. The summed E-state index contributed by atoms with van der Waals surface area (Å²) < 4.78 is 10.6. The second-order valence-electron chi connectivity index (χ2n) is 5.32. The van der Waals surface area contributed by atoms with Crippen LogP contribution in [0.2, 0.25) is 5.02 Å². The number of nitrogens with zero attached hydrogens (tertiary/aromatic N) is 2. The quantitative estimate of drug-likeness (QED) is 0.479. The molecule has 138 valence electrons. The molecule has 3 aromatic rings. The van der Waals surface area contributed by atoms with Crippen molar-refractivity contribution in [3.63, 3.8) is 0 Å². The predicted octanol–water partition coefficient (Wildman–Crippen LogP) is 4.00. The highest BCUT2D eigenvalue weighted by atomic mass is 35.5. The molecule has 1 aromatic heterocycles.